The first-order chi connectivity index (χ1) is 12.2. The summed E-state index contributed by atoms with van der Waals surface area (Å²) >= 11 is 0. The van der Waals surface area contributed by atoms with E-state index in [9.17, 15) is 13.2 Å². The van der Waals surface area contributed by atoms with Crippen LogP contribution in [0.3, 0.4) is 0 Å². The second-order valence-electron chi connectivity index (χ2n) is 6.83. The average molecular weight is 375 g/mol. The van der Waals surface area contributed by atoms with Crippen molar-refractivity contribution in [2.75, 3.05) is 17.9 Å². The standard InChI is InChI=1S/C20H26N2O3S/c1-15(2)14-21-20(23)13-17-7-9-18(10-8-17)22(4)26(24,25)19-11-5-16(3)6-12-19/h5-12,15H,13-14H2,1-4H3,(H,21,23). The van der Waals surface area contributed by atoms with E-state index in [-0.39, 0.29) is 17.2 Å². The Morgan fingerprint density at radius 2 is 1.62 bits per heavy atom. The lowest BCUT2D eigenvalue weighted by atomic mass is 10.1. The van der Waals surface area contributed by atoms with Crippen molar-refractivity contribution in [1.82, 2.24) is 5.32 Å². The highest BCUT2D eigenvalue weighted by atomic mass is 32.2. The number of nitrogens with zero attached hydrogens (tertiary/aromatic N) is 1. The van der Waals surface area contributed by atoms with Gasteiger partial charge in [-0.15, -0.1) is 0 Å². The molecule has 2 aromatic carbocycles. The van der Waals surface area contributed by atoms with Gasteiger partial charge < -0.3 is 5.32 Å². The molecule has 0 radical (unpaired) electrons. The second kappa shape index (κ2) is 8.36. The third kappa shape index (κ3) is 5.08. The summed E-state index contributed by atoms with van der Waals surface area (Å²) < 4.78 is 26.7. The van der Waals surface area contributed by atoms with Crippen LogP contribution >= 0.6 is 0 Å². The maximum atomic E-state index is 12.7. The minimum Gasteiger partial charge on any atom is -0.356 e. The fourth-order valence-corrected chi connectivity index (χ4v) is 3.59. The Balaban J connectivity index is 2.09. The molecule has 0 unspecified atom stereocenters. The van der Waals surface area contributed by atoms with Gasteiger partial charge in [-0.3, -0.25) is 9.10 Å². The van der Waals surface area contributed by atoms with Gasteiger partial charge in [0.2, 0.25) is 5.91 Å². The molecule has 0 aliphatic rings. The maximum Gasteiger partial charge on any atom is 0.264 e. The number of sulfonamides is 1. The van der Waals surface area contributed by atoms with E-state index in [1.807, 2.05) is 20.8 Å². The fourth-order valence-electron chi connectivity index (χ4n) is 2.40. The van der Waals surface area contributed by atoms with Crippen molar-refractivity contribution < 1.29 is 13.2 Å². The third-order valence-electron chi connectivity index (χ3n) is 4.05. The van der Waals surface area contributed by atoms with Crippen molar-refractivity contribution in [3.63, 3.8) is 0 Å². The zero-order valence-electron chi connectivity index (χ0n) is 15.7. The second-order valence-corrected chi connectivity index (χ2v) is 8.80. The predicted octanol–water partition coefficient (Wildman–Crippen LogP) is 3.13. The van der Waals surface area contributed by atoms with Gasteiger partial charge >= 0.3 is 0 Å². The first-order valence-corrected chi connectivity index (χ1v) is 10.1. The summed E-state index contributed by atoms with van der Waals surface area (Å²) in [6, 6.07) is 13.8. The van der Waals surface area contributed by atoms with Crippen LogP contribution < -0.4 is 9.62 Å². The number of carbonyl (C=O) groups excluding carboxylic acids is 1. The molecule has 6 heteroatoms. The largest absolute Gasteiger partial charge is 0.356 e. The summed E-state index contributed by atoms with van der Waals surface area (Å²) in [6.45, 7) is 6.64. The van der Waals surface area contributed by atoms with Crippen LogP contribution in [0.1, 0.15) is 25.0 Å². The molecular weight excluding hydrogens is 348 g/mol. The van der Waals surface area contributed by atoms with E-state index in [0.717, 1.165) is 11.1 Å². The minimum absolute atomic E-state index is 0.0351. The van der Waals surface area contributed by atoms with Gasteiger partial charge in [-0.25, -0.2) is 8.42 Å². The van der Waals surface area contributed by atoms with Crippen LogP contribution in [0.15, 0.2) is 53.4 Å². The normalized spacial score (nSPS) is 11.4. The van der Waals surface area contributed by atoms with E-state index in [4.69, 9.17) is 0 Å². The zero-order valence-corrected chi connectivity index (χ0v) is 16.5. The molecule has 0 heterocycles. The summed E-state index contributed by atoms with van der Waals surface area (Å²) in [6.07, 6.45) is 0.279. The molecule has 2 rings (SSSR count). The average Bonchev–Trinajstić information content (AvgIpc) is 2.60. The van der Waals surface area contributed by atoms with Crippen molar-refractivity contribution in [1.29, 1.82) is 0 Å². The Hall–Kier alpha value is -2.34. The number of benzene rings is 2. The maximum absolute atomic E-state index is 12.7. The van der Waals surface area contributed by atoms with Gasteiger partial charge in [-0.2, -0.15) is 0 Å². The summed E-state index contributed by atoms with van der Waals surface area (Å²) in [5.41, 5.74) is 2.40. The van der Waals surface area contributed by atoms with Crippen molar-refractivity contribution >= 4 is 21.6 Å². The van der Waals surface area contributed by atoms with Gasteiger partial charge in [0, 0.05) is 13.6 Å². The van der Waals surface area contributed by atoms with E-state index in [0.29, 0.717) is 18.2 Å². The van der Waals surface area contributed by atoms with E-state index in [1.54, 1.807) is 48.5 Å². The van der Waals surface area contributed by atoms with Crippen molar-refractivity contribution in [3.8, 4) is 0 Å². The Kier molecular flexibility index (Phi) is 6.42. The van der Waals surface area contributed by atoms with E-state index < -0.39 is 10.0 Å². The molecule has 0 saturated carbocycles. The molecule has 0 aliphatic carbocycles. The van der Waals surface area contributed by atoms with E-state index in [2.05, 4.69) is 5.32 Å². The molecule has 0 bridgehead atoms. The quantitative estimate of drug-likeness (QED) is 0.810. The van der Waals surface area contributed by atoms with Crippen molar-refractivity contribution in [2.24, 2.45) is 5.92 Å². The van der Waals surface area contributed by atoms with Gasteiger partial charge in [0.25, 0.3) is 10.0 Å². The molecule has 1 amide bonds. The lowest BCUT2D eigenvalue weighted by molar-refractivity contribution is -0.120. The monoisotopic (exact) mass is 374 g/mol. The summed E-state index contributed by atoms with van der Waals surface area (Å²) in [7, 11) is -2.08. The van der Waals surface area contributed by atoms with E-state index >= 15 is 0 Å². The van der Waals surface area contributed by atoms with Crippen LogP contribution in [-0.2, 0) is 21.2 Å². The molecule has 0 spiro atoms. The van der Waals surface area contributed by atoms with Gasteiger partial charge in [0.05, 0.1) is 17.0 Å². The fraction of sp³-hybridized carbons (Fsp3) is 0.350. The highest BCUT2D eigenvalue weighted by molar-refractivity contribution is 7.92. The first kappa shape index (κ1) is 20.0. The van der Waals surface area contributed by atoms with Gasteiger partial charge in [0.15, 0.2) is 0 Å². The van der Waals surface area contributed by atoms with Crippen LogP contribution in [0.2, 0.25) is 0 Å². The molecule has 0 atom stereocenters. The van der Waals surface area contributed by atoms with Gasteiger partial charge in [0.1, 0.15) is 0 Å². The molecule has 5 nitrogen and oxygen atoms in total. The molecule has 0 aliphatic heterocycles. The van der Waals surface area contributed by atoms with E-state index in [1.165, 1.54) is 11.4 Å². The number of hydrogen-bond acceptors (Lipinski definition) is 3. The molecule has 140 valence electrons. The summed E-state index contributed by atoms with van der Waals surface area (Å²) in [5, 5.41) is 2.87. The number of amides is 1. The predicted molar refractivity (Wildman–Crippen MR) is 105 cm³/mol. The SMILES string of the molecule is Cc1ccc(S(=O)(=O)N(C)c2ccc(CC(=O)NCC(C)C)cc2)cc1. The van der Waals surface area contributed by atoms with Gasteiger partial charge in [-0.05, 0) is 42.7 Å². The molecule has 0 saturated heterocycles. The Morgan fingerprint density at radius 1 is 1.04 bits per heavy atom. The van der Waals surface area contributed by atoms with Crippen LogP contribution in [0, 0.1) is 12.8 Å². The first-order valence-electron chi connectivity index (χ1n) is 8.61. The number of anilines is 1. The molecular formula is C20H26N2O3S. The molecule has 0 fully saturated rings. The lowest BCUT2D eigenvalue weighted by Gasteiger charge is -2.20. The molecule has 0 aromatic heterocycles. The van der Waals surface area contributed by atoms with Crippen LogP contribution in [0.5, 0.6) is 0 Å². The molecule has 2 aromatic rings. The Bertz CT molecular complexity index is 842. The van der Waals surface area contributed by atoms with Crippen LogP contribution in [-0.4, -0.2) is 27.9 Å². The molecule has 26 heavy (non-hydrogen) atoms. The summed E-state index contributed by atoms with van der Waals surface area (Å²) in [4.78, 5) is 12.1. The Labute approximate surface area is 156 Å². The van der Waals surface area contributed by atoms with Crippen LogP contribution in [0.4, 0.5) is 5.69 Å². The van der Waals surface area contributed by atoms with Crippen LogP contribution in [0.25, 0.3) is 0 Å². The summed E-state index contributed by atoms with van der Waals surface area (Å²) in [5.74, 6) is 0.369. The zero-order chi connectivity index (χ0) is 19.3. The van der Waals surface area contributed by atoms with Gasteiger partial charge in [-0.1, -0.05) is 43.7 Å². The highest BCUT2D eigenvalue weighted by Crippen LogP contribution is 2.22. The number of hydrogen-bond donors (Lipinski definition) is 1. The van der Waals surface area contributed by atoms with Crippen molar-refractivity contribution in [2.45, 2.75) is 32.1 Å². The minimum atomic E-state index is -3.61. The molecule has 1 N–H and O–H groups in total. The lowest BCUT2D eigenvalue weighted by Crippen LogP contribution is -2.28. The topological polar surface area (TPSA) is 66.5 Å². The third-order valence-corrected chi connectivity index (χ3v) is 5.85. The highest BCUT2D eigenvalue weighted by Gasteiger charge is 2.21. The van der Waals surface area contributed by atoms with Crippen molar-refractivity contribution in [3.05, 3.63) is 59.7 Å². The number of rotatable bonds is 7. The number of nitrogens with one attached hydrogen (secondary N) is 1. The number of carbonyl (C=O) groups is 1. The smallest absolute Gasteiger partial charge is 0.264 e. The number of aryl methyl sites for hydroxylation is 1. The Morgan fingerprint density at radius 3 is 2.15 bits per heavy atom.